The Balaban J connectivity index is 2.16. The van der Waals surface area contributed by atoms with E-state index < -0.39 is 0 Å². The molecule has 0 saturated carbocycles. The lowest BCUT2D eigenvalue weighted by molar-refractivity contribution is 0.414. The summed E-state index contributed by atoms with van der Waals surface area (Å²) in [6.45, 7) is 4.40. The van der Waals surface area contributed by atoms with Gasteiger partial charge < -0.3 is 15.5 Å². The number of ether oxygens (including phenoxy) is 1. The maximum absolute atomic E-state index is 5.45. The molecule has 0 saturated heterocycles. The summed E-state index contributed by atoms with van der Waals surface area (Å²) in [7, 11) is 1.66. The van der Waals surface area contributed by atoms with Crippen LogP contribution in [0.25, 0.3) is 0 Å². The zero-order valence-corrected chi connectivity index (χ0v) is 11.9. The lowest BCUT2D eigenvalue weighted by Gasteiger charge is -2.12. The van der Waals surface area contributed by atoms with Crippen LogP contribution in [-0.4, -0.2) is 17.1 Å². The van der Waals surface area contributed by atoms with Crippen LogP contribution < -0.4 is 21.3 Å². The first-order valence-electron chi connectivity index (χ1n) is 6.32. The summed E-state index contributed by atoms with van der Waals surface area (Å²) in [6.07, 6.45) is 0. The van der Waals surface area contributed by atoms with E-state index in [1.807, 2.05) is 38.1 Å². The Morgan fingerprint density at radius 1 is 1.20 bits per heavy atom. The highest BCUT2D eigenvalue weighted by Crippen LogP contribution is 2.20. The Labute approximate surface area is 118 Å². The Morgan fingerprint density at radius 3 is 2.65 bits per heavy atom. The minimum absolute atomic E-state index is 0.630. The van der Waals surface area contributed by atoms with Gasteiger partial charge in [0.25, 0.3) is 0 Å². The Hall–Kier alpha value is -2.34. The Bertz CT molecular complexity index is 600. The second-order valence-electron chi connectivity index (χ2n) is 4.44. The molecule has 1 aromatic carbocycles. The van der Waals surface area contributed by atoms with E-state index in [1.165, 1.54) is 0 Å². The van der Waals surface area contributed by atoms with Gasteiger partial charge in [-0.15, -0.1) is 0 Å². The number of hydrogen-bond donors (Lipinski definition) is 3. The number of anilines is 2. The van der Waals surface area contributed by atoms with Crippen molar-refractivity contribution in [2.24, 2.45) is 5.84 Å². The molecule has 0 atom stereocenters. The van der Waals surface area contributed by atoms with Crippen molar-refractivity contribution in [3.05, 3.63) is 41.2 Å². The van der Waals surface area contributed by atoms with Gasteiger partial charge in [0.1, 0.15) is 23.2 Å². The third-order valence-corrected chi connectivity index (χ3v) is 2.99. The van der Waals surface area contributed by atoms with Crippen LogP contribution in [0, 0.1) is 13.8 Å². The summed E-state index contributed by atoms with van der Waals surface area (Å²) in [5.74, 6) is 8.35. The lowest BCUT2D eigenvalue weighted by Crippen LogP contribution is -2.14. The predicted octanol–water partition coefficient (Wildman–Crippen LogP) is 2.00. The van der Waals surface area contributed by atoms with Gasteiger partial charge in [0.15, 0.2) is 0 Å². The molecule has 1 heterocycles. The van der Waals surface area contributed by atoms with Gasteiger partial charge in [-0.2, -0.15) is 0 Å². The number of benzene rings is 1. The fourth-order valence-electron chi connectivity index (χ4n) is 1.91. The smallest absolute Gasteiger partial charge is 0.148 e. The van der Waals surface area contributed by atoms with Gasteiger partial charge in [0, 0.05) is 12.1 Å². The highest BCUT2D eigenvalue weighted by Gasteiger charge is 2.08. The van der Waals surface area contributed by atoms with Crippen LogP contribution in [0.2, 0.25) is 0 Å². The van der Waals surface area contributed by atoms with Crippen molar-refractivity contribution >= 4 is 11.6 Å². The van der Waals surface area contributed by atoms with Gasteiger partial charge in [-0.05, 0) is 31.5 Å². The number of nitrogens with one attached hydrogen (secondary N) is 2. The molecule has 0 aliphatic rings. The molecule has 0 unspecified atom stereocenters. The molecule has 0 bridgehead atoms. The number of nitrogen functional groups attached to an aromatic ring is 1. The average Bonchev–Trinajstić information content (AvgIpc) is 2.48. The summed E-state index contributed by atoms with van der Waals surface area (Å²) in [6, 6.07) is 7.89. The summed E-state index contributed by atoms with van der Waals surface area (Å²) in [5.41, 5.74) is 4.58. The van der Waals surface area contributed by atoms with Crippen molar-refractivity contribution in [1.82, 2.24) is 9.97 Å². The molecule has 1 aromatic heterocycles. The number of nitrogens with zero attached hydrogens (tertiary/aromatic N) is 2. The van der Waals surface area contributed by atoms with Crippen molar-refractivity contribution in [2.75, 3.05) is 17.9 Å². The molecule has 4 N–H and O–H groups in total. The molecule has 106 valence electrons. The van der Waals surface area contributed by atoms with Crippen LogP contribution in [0.15, 0.2) is 24.3 Å². The number of hydrogen-bond acceptors (Lipinski definition) is 6. The highest BCUT2D eigenvalue weighted by molar-refractivity contribution is 5.56. The summed E-state index contributed by atoms with van der Waals surface area (Å²) >= 11 is 0. The molecule has 0 aliphatic carbocycles. The normalized spacial score (nSPS) is 10.2. The highest BCUT2D eigenvalue weighted by atomic mass is 16.5. The van der Waals surface area contributed by atoms with Crippen LogP contribution in [-0.2, 0) is 6.54 Å². The second-order valence-corrected chi connectivity index (χ2v) is 4.44. The topological polar surface area (TPSA) is 85.1 Å². The van der Waals surface area contributed by atoms with Gasteiger partial charge in [0.2, 0.25) is 0 Å². The minimum Gasteiger partial charge on any atom is -0.497 e. The van der Waals surface area contributed by atoms with Crippen molar-refractivity contribution < 1.29 is 4.74 Å². The largest absolute Gasteiger partial charge is 0.497 e. The number of aryl methyl sites for hydroxylation is 1. The van der Waals surface area contributed by atoms with Crippen molar-refractivity contribution in [2.45, 2.75) is 20.4 Å². The molecular formula is C14H19N5O. The lowest BCUT2D eigenvalue weighted by atomic mass is 10.2. The fourth-order valence-corrected chi connectivity index (χ4v) is 1.91. The number of methoxy groups -OCH3 is 1. The van der Waals surface area contributed by atoms with Gasteiger partial charge >= 0.3 is 0 Å². The summed E-state index contributed by atoms with van der Waals surface area (Å²) in [4.78, 5) is 8.62. The predicted molar refractivity (Wildman–Crippen MR) is 79.6 cm³/mol. The number of rotatable bonds is 5. The van der Waals surface area contributed by atoms with E-state index in [1.54, 1.807) is 7.11 Å². The van der Waals surface area contributed by atoms with E-state index in [2.05, 4.69) is 20.7 Å². The first-order valence-corrected chi connectivity index (χ1v) is 6.32. The standard InChI is InChI=1S/C14H19N5O/c1-9-13(17-10(2)18-14(9)19-15)16-8-11-5-4-6-12(7-11)20-3/h4-7H,8,15H2,1-3H3,(H2,16,17,18,19). The van der Waals surface area contributed by atoms with Crippen LogP contribution in [0.4, 0.5) is 11.6 Å². The second kappa shape index (κ2) is 6.21. The molecule has 0 aliphatic heterocycles. The zero-order chi connectivity index (χ0) is 14.5. The molecule has 2 rings (SSSR count). The molecule has 0 amide bonds. The molecule has 0 fully saturated rings. The summed E-state index contributed by atoms with van der Waals surface area (Å²) < 4.78 is 5.21. The molecule has 2 aromatic rings. The van der Waals surface area contributed by atoms with Crippen molar-refractivity contribution in [3.63, 3.8) is 0 Å². The van der Waals surface area contributed by atoms with Crippen LogP contribution >= 0.6 is 0 Å². The van der Waals surface area contributed by atoms with Gasteiger partial charge in [-0.3, -0.25) is 0 Å². The van der Waals surface area contributed by atoms with E-state index >= 15 is 0 Å². The maximum Gasteiger partial charge on any atom is 0.148 e. The van der Waals surface area contributed by atoms with E-state index in [4.69, 9.17) is 10.6 Å². The van der Waals surface area contributed by atoms with E-state index in [-0.39, 0.29) is 0 Å². The minimum atomic E-state index is 0.630. The van der Waals surface area contributed by atoms with Gasteiger partial charge in [-0.1, -0.05) is 12.1 Å². The molecule has 6 nitrogen and oxygen atoms in total. The summed E-state index contributed by atoms with van der Waals surface area (Å²) in [5, 5.41) is 3.29. The third kappa shape index (κ3) is 3.16. The molecule has 20 heavy (non-hydrogen) atoms. The quantitative estimate of drug-likeness (QED) is 0.570. The first kappa shape index (κ1) is 14.1. The van der Waals surface area contributed by atoms with E-state index in [0.29, 0.717) is 18.2 Å². The monoisotopic (exact) mass is 273 g/mol. The molecule has 6 heteroatoms. The van der Waals surface area contributed by atoms with Crippen LogP contribution in [0.3, 0.4) is 0 Å². The maximum atomic E-state index is 5.45. The van der Waals surface area contributed by atoms with Gasteiger partial charge in [0.05, 0.1) is 7.11 Å². The molecule has 0 radical (unpaired) electrons. The van der Waals surface area contributed by atoms with Crippen LogP contribution in [0.1, 0.15) is 17.0 Å². The number of hydrazine groups is 1. The number of nitrogens with two attached hydrogens (primary N) is 1. The van der Waals surface area contributed by atoms with Gasteiger partial charge in [-0.25, -0.2) is 15.8 Å². The van der Waals surface area contributed by atoms with E-state index in [9.17, 15) is 0 Å². The SMILES string of the molecule is COc1cccc(CNc2nc(C)nc(NN)c2C)c1. The molecular weight excluding hydrogens is 254 g/mol. The Kier molecular flexibility index (Phi) is 4.37. The average molecular weight is 273 g/mol. The van der Waals surface area contributed by atoms with Crippen molar-refractivity contribution in [3.8, 4) is 5.75 Å². The molecule has 0 spiro atoms. The first-order chi connectivity index (χ1) is 9.63. The number of aromatic nitrogens is 2. The third-order valence-electron chi connectivity index (χ3n) is 2.99. The van der Waals surface area contributed by atoms with Crippen molar-refractivity contribution in [1.29, 1.82) is 0 Å². The zero-order valence-electron chi connectivity index (χ0n) is 11.9. The van der Waals surface area contributed by atoms with E-state index in [0.717, 1.165) is 22.7 Å². The van der Waals surface area contributed by atoms with Crippen LogP contribution in [0.5, 0.6) is 5.75 Å². The fraction of sp³-hybridized carbons (Fsp3) is 0.286. The Morgan fingerprint density at radius 2 is 1.95 bits per heavy atom.